The van der Waals surface area contributed by atoms with Gasteiger partial charge in [0, 0.05) is 5.75 Å². The number of carbonyl (C=O) groups excluding carboxylic acids is 1. The van der Waals surface area contributed by atoms with Crippen molar-refractivity contribution in [3.8, 4) is 0 Å². The summed E-state index contributed by atoms with van der Waals surface area (Å²) in [5, 5.41) is 3.71. The summed E-state index contributed by atoms with van der Waals surface area (Å²) in [4.78, 5) is 11.1. The molecule has 1 saturated heterocycles. The summed E-state index contributed by atoms with van der Waals surface area (Å²) in [6.45, 7) is 2.18. The van der Waals surface area contributed by atoms with E-state index in [0.717, 1.165) is 12.2 Å². The van der Waals surface area contributed by atoms with Crippen molar-refractivity contribution in [2.24, 2.45) is 0 Å². The quantitative estimate of drug-likeness (QED) is 0.701. The first-order valence-corrected chi connectivity index (χ1v) is 5.78. The smallest absolute Gasteiger partial charge is 0.323 e. The lowest BCUT2D eigenvalue weighted by molar-refractivity contribution is -0.142. The summed E-state index contributed by atoms with van der Waals surface area (Å²) in [6, 6.07) is -0.0862. The number of hydrogen-bond donors (Lipinski definition) is 1. The van der Waals surface area contributed by atoms with Crippen LogP contribution in [0.1, 0.15) is 26.2 Å². The Hall–Kier alpha value is -0.220. The second-order valence-electron chi connectivity index (χ2n) is 3.21. The number of ether oxygens (including phenoxy) is 1. The maximum Gasteiger partial charge on any atom is 0.323 e. The van der Waals surface area contributed by atoms with Crippen molar-refractivity contribution >= 4 is 17.7 Å². The minimum atomic E-state index is -0.133. The molecular weight excluding hydrogens is 186 g/mol. The molecule has 13 heavy (non-hydrogen) atoms. The van der Waals surface area contributed by atoms with Crippen LogP contribution < -0.4 is 5.32 Å². The highest BCUT2D eigenvalue weighted by Crippen LogP contribution is 2.23. The summed E-state index contributed by atoms with van der Waals surface area (Å²) in [5.74, 6) is 0.715. The molecular formula is C9H17NO2S. The maximum absolute atomic E-state index is 11.1. The lowest BCUT2D eigenvalue weighted by Crippen LogP contribution is -2.37. The van der Waals surface area contributed by atoms with Gasteiger partial charge in [0.2, 0.25) is 0 Å². The fourth-order valence-electron chi connectivity index (χ4n) is 1.37. The van der Waals surface area contributed by atoms with Gasteiger partial charge in [-0.15, -0.1) is 11.8 Å². The third kappa shape index (κ3) is 3.19. The minimum Gasteiger partial charge on any atom is -0.468 e. The number of nitrogens with one attached hydrogen (secondary N) is 1. The predicted molar refractivity (Wildman–Crippen MR) is 54.7 cm³/mol. The van der Waals surface area contributed by atoms with Gasteiger partial charge in [0.15, 0.2) is 0 Å². The van der Waals surface area contributed by atoms with E-state index in [1.807, 2.05) is 11.8 Å². The van der Waals surface area contributed by atoms with Gasteiger partial charge < -0.3 is 4.74 Å². The molecule has 0 radical (unpaired) electrons. The summed E-state index contributed by atoms with van der Waals surface area (Å²) in [6.07, 6.45) is 3.58. The molecule has 1 heterocycles. The molecule has 1 aliphatic rings. The van der Waals surface area contributed by atoms with E-state index in [2.05, 4.69) is 17.0 Å². The Morgan fingerprint density at radius 1 is 1.69 bits per heavy atom. The highest BCUT2D eigenvalue weighted by Gasteiger charge is 2.29. The lowest BCUT2D eigenvalue weighted by atomic mass is 10.2. The van der Waals surface area contributed by atoms with E-state index >= 15 is 0 Å². The van der Waals surface area contributed by atoms with Gasteiger partial charge in [0.25, 0.3) is 0 Å². The summed E-state index contributed by atoms with van der Waals surface area (Å²) in [7, 11) is 1.44. The summed E-state index contributed by atoms with van der Waals surface area (Å²) >= 11 is 1.82. The monoisotopic (exact) mass is 203 g/mol. The maximum atomic E-state index is 11.1. The molecule has 3 nitrogen and oxygen atoms in total. The molecule has 0 aromatic carbocycles. The van der Waals surface area contributed by atoms with Crippen molar-refractivity contribution in [1.29, 1.82) is 0 Å². The van der Waals surface area contributed by atoms with Crippen LogP contribution in [0.5, 0.6) is 0 Å². The van der Waals surface area contributed by atoms with Crippen LogP contribution in [0.15, 0.2) is 0 Å². The number of unbranched alkanes of at least 4 members (excludes halogenated alkanes) is 1. The van der Waals surface area contributed by atoms with Crippen molar-refractivity contribution in [2.75, 3.05) is 12.9 Å². The van der Waals surface area contributed by atoms with E-state index in [9.17, 15) is 4.79 Å². The Morgan fingerprint density at radius 3 is 3.08 bits per heavy atom. The van der Waals surface area contributed by atoms with E-state index in [0.29, 0.717) is 5.37 Å². The van der Waals surface area contributed by atoms with Crippen LogP contribution >= 0.6 is 11.8 Å². The Bertz CT molecular complexity index is 175. The first-order chi connectivity index (χ1) is 6.27. The normalized spacial score (nSPS) is 27.5. The van der Waals surface area contributed by atoms with Crippen molar-refractivity contribution in [2.45, 2.75) is 37.6 Å². The van der Waals surface area contributed by atoms with Gasteiger partial charge in [-0.2, -0.15) is 0 Å². The zero-order valence-electron chi connectivity index (χ0n) is 8.21. The Labute approximate surface area is 83.6 Å². The summed E-state index contributed by atoms with van der Waals surface area (Å²) < 4.78 is 4.67. The second-order valence-corrected chi connectivity index (χ2v) is 4.44. The van der Waals surface area contributed by atoms with Gasteiger partial charge in [-0.3, -0.25) is 10.1 Å². The molecule has 1 rings (SSSR count). The topological polar surface area (TPSA) is 38.3 Å². The highest BCUT2D eigenvalue weighted by molar-refractivity contribution is 8.00. The molecule has 2 atom stereocenters. The number of thioether (sulfide) groups is 1. The SMILES string of the molecule is CCCCC1N[C@H](C(=O)OC)CS1. The highest BCUT2D eigenvalue weighted by atomic mass is 32.2. The molecule has 0 spiro atoms. The van der Waals surface area contributed by atoms with Gasteiger partial charge >= 0.3 is 5.97 Å². The van der Waals surface area contributed by atoms with E-state index in [1.54, 1.807) is 0 Å². The number of rotatable bonds is 4. The Kier molecular flexibility index (Phi) is 4.59. The molecule has 0 aromatic heterocycles. The Morgan fingerprint density at radius 2 is 2.46 bits per heavy atom. The minimum absolute atomic E-state index is 0.0862. The molecule has 4 heteroatoms. The molecule has 1 fully saturated rings. The fourth-order valence-corrected chi connectivity index (χ4v) is 2.62. The van der Waals surface area contributed by atoms with Crippen LogP contribution in [0.2, 0.25) is 0 Å². The van der Waals surface area contributed by atoms with Crippen LogP contribution in [0.25, 0.3) is 0 Å². The molecule has 0 bridgehead atoms. The van der Waals surface area contributed by atoms with Gasteiger partial charge in [0.05, 0.1) is 12.5 Å². The number of hydrogen-bond acceptors (Lipinski definition) is 4. The zero-order valence-corrected chi connectivity index (χ0v) is 9.02. The molecule has 0 saturated carbocycles. The van der Waals surface area contributed by atoms with Gasteiger partial charge in [-0.05, 0) is 6.42 Å². The third-order valence-corrected chi connectivity index (χ3v) is 3.46. The molecule has 1 aliphatic heterocycles. The molecule has 0 amide bonds. The fraction of sp³-hybridized carbons (Fsp3) is 0.889. The summed E-state index contributed by atoms with van der Waals surface area (Å²) in [5.41, 5.74) is 0. The van der Waals surface area contributed by atoms with Gasteiger partial charge in [-0.1, -0.05) is 19.8 Å². The predicted octanol–water partition coefficient (Wildman–Crippen LogP) is 1.38. The zero-order chi connectivity index (χ0) is 9.68. The standard InChI is InChI=1S/C9H17NO2S/c1-3-4-5-8-10-7(6-13-8)9(11)12-2/h7-8,10H,3-6H2,1-2H3/t7-,8?/m0/s1. The number of esters is 1. The molecule has 1 unspecified atom stereocenters. The van der Waals surface area contributed by atoms with E-state index in [-0.39, 0.29) is 12.0 Å². The average molecular weight is 203 g/mol. The van der Waals surface area contributed by atoms with Crippen molar-refractivity contribution < 1.29 is 9.53 Å². The largest absolute Gasteiger partial charge is 0.468 e. The molecule has 0 aliphatic carbocycles. The molecule has 1 N–H and O–H groups in total. The molecule has 0 aromatic rings. The van der Waals surface area contributed by atoms with E-state index in [1.165, 1.54) is 20.0 Å². The van der Waals surface area contributed by atoms with Crippen LogP contribution in [0.3, 0.4) is 0 Å². The first kappa shape index (κ1) is 10.9. The molecule has 76 valence electrons. The van der Waals surface area contributed by atoms with Gasteiger partial charge in [-0.25, -0.2) is 0 Å². The van der Waals surface area contributed by atoms with Crippen LogP contribution in [0.4, 0.5) is 0 Å². The van der Waals surface area contributed by atoms with Crippen LogP contribution in [-0.2, 0) is 9.53 Å². The number of methoxy groups -OCH3 is 1. The van der Waals surface area contributed by atoms with Gasteiger partial charge in [0.1, 0.15) is 6.04 Å². The first-order valence-electron chi connectivity index (χ1n) is 4.73. The van der Waals surface area contributed by atoms with E-state index < -0.39 is 0 Å². The number of carbonyl (C=O) groups is 1. The average Bonchev–Trinajstić information content (AvgIpc) is 2.62. The van der Waals surface area contributed by atoms with Crippen molar-refractivity contribution in [3.05, 3.63) is 0 Å². The lowest BCUT2D eigenvalue weighted by Gasteiger charge is -2.10. The second kappa shape index (κ2) is 5.50. The third-order valence-electron chi connectivity index (χ3n) is 2.16. The van der Waals surface area contributed by atoms with Crippen LogP contribution in [0, 0.1) is 0 Å². The Balaban J connectivity index is 2.23. The van der Waals surface area contributed by atoms with Crippen LogP contribution in [-0.4, -0.2) is 30.2 Å². The van der Waals surface area contributed by atoms with Crippen molar-refractivity contribution in [3.63, 3.8) is 0 Å². The van der Waals surface area contributed by atoms with E-state index in [4.69, 9.17) is 0 Å². The van der Waals surface area contributed by atoms with Crippen molar-refractivity contribution in [1.82, 2.24) is 5.32 Å².